The summed E-state index contributed by atoms with van der Waals surface area (Å²) in [5.74, 6) is 0. The van der Waals surface area contributed by atoms with Crippen LogP contribution >= 0.6 is 11.3 Å². The van der Waals surface area contributed by atoms with E-state index in [9.17, 15) is 0 Å². The molecule has 0 fully saturated rings. The molecule has 0 aliphatic heterocycles. The summed E-state index contributed by atoms with van der Waals surface area (Å²) in [5, 5.41) is 13.3. The Morgan fingerprint density at radius 2 is 0.978 bits per heavy atom. The second-order valence-electron chi connectivity index (χ2n) is 12.1. The number of benzene rings is 7. The SMILES string of the molecule is c1ccc2c(c1)[se]c1cc(-c3ccc4c(c3)c3cccc5c6cccc7sc8cccc(c9ccccc9n4c53)c8c76)ccc12. The molecule has 0 aliphatic rings. The fourth-order valence-corrected chi connectivity index (χ4v) is 11.4. The summed E-state index contributed by atoms with van der Waals surface area (Å²) >= 11 is 2.25. The molecule has 0 spiro atoms. The fourth-order valence-electron chi connectivity index (χ4n) is 7.83. The molecule has 11 rings (SSSR count). The maximum absolute atomic E-state index is 2.54. The third-order valence-electron chi connectivity index (χ3n) is 9.75. The Hall–Kier alpha value is -4.92. The van der Waals surface area contributed by atoms with Crippen molar-refractivity contribution in [2.45, 2.75) is 0 Å². The monoisotopic (exact) mass is 653 g/mol. The third-order valence-corrected chi connectivity index (χ3v) is 13.2. The van der Waals surface area contributed by atoms with E-state index in [4.69, 9.17) is 0 Å². The summed E-state index contributed by atoms with van der Waals surface area (Å²) in [4.78, 5) is 0. The zero-order valence-corrected chi connectivity index (χ0v) is 26.6. The van der Waals surface area contributed by atoms with Crippen LogP contribution in [0.5, 0.6) is 0 Å². The van der Waals surface area contributed by atoms with Crippen molar-refractivity contribution in [3.63, 3.8) is 0 Å². The van der Waals surface area contributed by atoms with Crippen LogP contribution in [0.3, 0.4) is 0 Å². The van der Waals surface area contributed by atoms with E-state index in [1.807, 2.05) is 11.3 Å². The summed E-state index contributed by atoms with van der Waals surface area (Å²) in [6.07, 6.45) is 0. The predicted molar refractivity (Wildman–Crippen MR) is 198 cm³/mol. The van der Waals surface area contributed by atoms with Gasteiger partial charge in [-0.3, -0.25) is 0 Å². The van der Waals surface area contributed by atoms with Crippen molar-refractivity contribution in [3.8, 4) is 11.1 Å². The number of aromatic nitrogens is 1. The molecular formula is C42H23NSSe. The first-order valence-electron chi connectivity index (χ1n) is 15.4. The van der Waals surface area contributed by atoms with Gasteiger partial charge in [0.25, 0.3) is 0 Å². The van der Waals surface area contributed by atoms with E-state index in [-0.39, 0.29) is 0 Å². The van der Waals surface area contributed by atoms with Gasteiger partial charge in [-0.05, 0) is 12.1 Å². The van der Waals surface area contributed by atoms with Crippen LogP contribution in [0.25, 0.3) is 99.5 Å². The van der Waals surface area contributed by atoms with Crippen molar-refractivity contribution in [2.75, 3.05) is 0 Å². The van der Waals surface area contributed by atoms with Gasteiger partial charge in [0, 0.05) is 4.70 Å². The van der Waals surface area contributed by atoms with E-state index < -0.39 is 0 Å². The minimum absolute atomic E-state index is 0.346. The average molecular weight is 653 g/mol. The Kier molecular flexibility index (Phi) is 4.79. The van der Waals surface area contributed by atoms with Gasteiger partial charge in [-0.15, -0.1) is 11.3 Å². The van der Waals surface area contributed by atoms with Crippen molar-refractivity contribution in [1.29, 1.82) is 0 Å². The molecule has 0 saturated carbocycles. The molecule has 0 amide bonds. The van der Waals surface area contributed by atoms with Crippen molar-refractivity contribution in [1.82, 2.24) is 4.40 Å². The Balaban J connectivity index is 1.33. The minimum atomic E-state index is 0.346. The maximum atomic E-state index is 2.54. The Bertz CT molecular complexity index is 3040. The normalized spacial score (nSPS) is 12.4. The second kappa shape index (κ2) is 8.84. The van der Waals surface area contributed by atoms with Gasteiger partial charge < -0.3 is 0 Å². The topological polar surface area (TPSA) is 4.41 Å². The van der Waals surface area contributed by atoms with E-state index >= 15 is 0 Å². The van der Waals surface area contributed by atoms with E-state index in [0.717, 1.165) is 0 Å². The number of nitrogens with zero attached hydrogens (tertiary/aromatic N) is 1. The first-order valence-corrected chi connectivity index (χ1v) is 17.9. The van der Waals surface area contributed by atoms with E-state index in [1.54, 1.807) is 0 Å². The molecule has 11 aromatic rings. The Morgan fingerprint density at radius 1 is 0.400 bits per heavy atom. The number of hydrogen-bond acceptors (Lipinski definition) is 1. The van der Waals surface area contributed by atoms with Crippen molar-refractivity contribution in [2.24, 2.45) is 0 Å². The van der Waals surface area contributed by atoms with Crippen molar-refractivity contribution in [3.05, 3.63) is 140 Å². The van der Waals surface area contributed by atoms with Crippen LogP contribution in [0, 0.1) is 0 Å². The van der Waals surface area contributed by atoms with Crippen LogP contribution in [0.15, 0.2) is 140 Å². The quantitative estimate of drug-likeness (QED) is 0.156. The second-order valence-corrected chi connectivity index (χ2v) is 15.4. The number of hydrogen-bond donors (Lipinski definition) is 0. The summed E-state index contributed by atoms with van der Waals surface area (Å²) in [6, 6.07) is 52.6. The standard InChI is InChI=1S/C42H23NSSe/c1-3-14-34-26(8-1)29-10-6-15-36-40(29)41-30(11-7-16-37(41)44-36)31-12-5-13-32-33-22-24(19-21-35(33)43(34)42(31)32)25-18-20-28-27-9-2-4-17-38(27)45-39(28)23-25/h1-23H. The molecule has 1 nitrogen and oxygen atoms in total. The van der Waals surface area contributed by atoms with Gasteiger partial charge in [0.15, 0.2) is 0 Å². The van der Waals surface area contributed by atoms with Crippen LogP contribution in [-0.4, -0.2) is 18.9 Å². The first-order chi connectivity index (χ1) is 22.3. The molecule has 3 heteroatoms. The van der Waals surface area contributed by atoms with Gasteiger partial charge in [0.05, 0.1) is 0 Å². The fraction of sp³-hybridized carbons (Fsp3) is 0. The molecule has 0 atom stereocenters. The average Bonchev–Trinajstić information content (AvgIpc) is 3.77. The molecule has 4 aromatic heterocycles. The third kappa shape index (κ3) is 3.22. The summed E-state index contributed by atoms with van der Waals surface area (Å²) in [5.41, 5.74) is 6.33. The van der Waals surface area contributed by atoms with E-state index in [2.05, 4.69) is 144 Å². The van der Waals surface area contributed by atoms with Gasteiger partial charge in [0.2, 0.25) is 0 Å². The summed E-state index contributed by atoms with van der Waals surface area (Å²) in [6.45, 7) is 0. The number of para-hydroxylation sites is 2. The molecule has 45 heavy (non-hydrogen) atoms. The van der Waals surface area contributed by atoms with E-state index in [1.165, 1.54) is 99.5 Å². The van der Waals surface area contributed by atoms with Crippen LogP contribution in [0.2, 0.25) is 0 Å². The molecule has 208 valence electrons. The molecule has 0 radical (unpaired) electrons. The molecule has 0 unspecified atom stereocenters. The van der Waals surface area contributed by atoms with Gasteiger partial charge >= 0.3 is 235 Å². The van der Waals surface area contributed by atoms with Gasteiger partial charge in [-0.2, -0.15) is 0 Å². The summed E-state index contributed by atoms with van der Waals surface area (Å²) in [7, 11) is 0. The Labute approximate surface area is 267 Å². The molecule has 7 aromatic carbocycles. The zero-order valence-electron chi connectivity index (χ0n) is 24.0. The molecule has 4 heterocycles. The molecule has 0 bridgehead atoms. The number of rotatable bonds is 1. The number of fused-ring (bicyclic) bond motifs is 10. The van der Waals surface area contributed by atoms with Crippen LogP contribution in [-0.2, 0) is 0 Å². The first kappa shape index (κ1) is 24.4. The molecule has 0 N–H and O–H groups in total. The van der Waals surface area contributed by atoms with Crippen LogP contribution in [0.1, 0.15) is 0 Å². The van der Waals surface area contributed by atoms with E-state index in [0.29, 0.717) is 14.5 Å². The summed E-state index contributed by atoms with van der Waals surface area (Å²) < 4.78 is 8.20. The molecular weight excluding hydrogens is 629 g/mol. The number of thiophene rings is 1. The Morgan fingerprint density at radius 3 is 1.82 bits per heavy atom. The van der Waals surface area contributed by atoms with Crippen molar-refractivity contribution >= 4 is 114 Å². The predicted octanol–water partition coefficient (Wildman–Crippen LogP) is 12.0. The molecule has 0 aliphatic carbocycles. The van der Waals surface area contributed by atoms with Gasteiger partial charge in [-0.1, -0.05) is 6.07 Å². The van der Waals surface area contributed by atoms with Gasteiger partial charge in [0.1, 0.15) is 0 Å². The zero-order chi connectivity index (χ0) is 29.2. The van der Waals surface area contributed by atoms with Gasteiger partial charge in [-0.25, -0.2) is 0 Å². The van der Waals surface area contributed by atoms with Crippen LogP contribution < -0.4 is 0 Å². The van der Waals surface area contributed by atoms with Crippen LogP contribution in [0.4, 0.5) is 0 Å². The molecule has 0 saturated heterocycles. The van der Waals surface area contributed by atoms with Crippen molar-refractivity contribution < 1.29 is 0 Å².